The van der Waals surface area contributed by atoms with Crippen LogP contribution in [0.4, 0.5) is 0 Å². The number of ether oxygens (including phenoxy) is 2. The van der Waals surface area contributed by atoms with Crippen LogP contribution in [0.5, 0.6) is 0 Å². The van der Waals surface area contributed by atoms with Crippen molar-refractivity contribution in [2.24, 2.45) is 0 Å². The second-order valence-corrected chi connectivity index (χ2v) is 5.45. The maximum Gasteiger partial charge on any atom is 0.204 e. The van der Waals surface area contributed by atoms with Gasteiger partial charge in [-0.3, -0.25) is 0 Å². The summed E-state index contributed by atoms with van der Waals surface area (Å²) in [6.45, 7) is 8.01. The normalized spacial score (nSPS) is 66.0. The molecule has 80 valence electrons. The van der Waals surface area contributed by atoms with Crippen molar-refractivity contribution in [1.82, 2.24) is 0 Å². The summed E-state index contributed by atoms with van der Waals surface area (Å²) in [5.41, 5.74) is -0.243. The molecule has 4 heteroatoms. The van der Waals surface area contributed by atoms with E-state index in [1.165, 1.54) is 0 Å². The van der Waals surface area contributed by atoms with Crippen LogP contribution in [0.25, 0.3) is 0 Å². The average Bonchev–Trinajstić information content (AvgIpc) is 2.28. The van der Waals surface area contributed by atoms with Crippen LogP contribution >= 0.6 is 0 Å². The predicted molar refractivity (Wildman–Crippen MR) is 47.2 cm³/mol. The second-order valence-electron chi connectivity index (χ2n) is 5.45. The Hall–Kier alpha value is -0.160. The van der Waals surface area contributed by atoms with Crippen molar-refractivity contribution >= 4 is 0 Å². The van der Waals surface area contributed by atoms with Gasteiger partial charge in [-0.25, -0.2) is 0 Å². The van der Waals surface area contributed by atoms with Crippen LogP contribution < -0.4 is 0 Å². The monoisotopic (exact) mass is 200 g/mol. The summed E-state index contributed by atoms with van der Waals surface area (Å²) in [7, 11) is 0. The molecule has 0 aromatic heterocycles. The minimum absolute atomic E-state index is 0.122. The van der Waals surface area contributed by atoms with Crippen LogP contribution in [0.3, 0.4) is 0 Å². The van der Waals surface area contributed by atoms with E-state index >= 15 is 0 Å². The molecule has 0 N–H and O–H groups in total. The van der Waals surface area contributed by atoms with Crippen LogP contribution in [0.2, 0.25) is 0 Å². The highest BCUT2D eigenvalue weighted by Gasteiger charge is 2.73. The molecule has 3 heterocycles. The van der Waals surface area contributed by atoms with E-state index in [0.29, 0.717) is 12.8 Å². The molecule has 2 bridgehead atoms. The van der Waals surface area contributed by atoms with Gasteiger partial charge in [0.25, 0.3) is 0 Å². The zero-order chi connectivity index (χ0) is 10.2. The predicted octanol–water partition coefficient (Wildman–Crippen LogP) is 1.74. The first-order valence-corrected chi connectivity index (χ1v) is 5.06. The molecule has 0 amide bonds. The molecule has 0 radical (unpaired) electrons. The molecular formula is C10H16O4. The molecule has 4 unspecified atom stereocenters. The summed E-state index contributed by atoms with van der Waals surface area (Å²) in [6.07, 6.45) is 1.43. The third-order valence-corrected chi connectivity index (χ3v) is 3.67. The highest BCUT2D eigenvalue weighted by molar-refractivity contribution is 5.16. The van der Waals surface area contributed by atoms with Gasteiger partial charge < -0.3 is 9.47 Å². The Bertz CT molecular complexity index is 278. The van der Waals surface area contributed by atoms with E-state index in [2.05, 4.69) is 13.8 Å². The van der Waals surface area contributed by atoms with Gasteiger partial charge in [0.1, 0.15) is 11.2 Å². The lowest BCUT2D eigenvalue weighted by atomic mass is 9.87. The van der Waals surface area contributed by atoms with Crippen molar-refractivity contribution in [2.75, 3.05) is 0 Å². The molecule has 3 saturated heterocycles. The molecule has 3 aliphatic heterocycles. The van der Waals surface area contributed by atoms with E-state index in [9.17, 15) is 0 Å². The van der Waals surface area contributed by atoms with E-state index in [1.54, 1.807) is 0 Å². The number of rotatable bonds is 0. The average molecular weight is 200 g/mol. The second kappa shape index (κ2) is 2.02. The Morgan fingerprint density at radius 2 is 1.14 bits per heavy atom. The van der Waals surface area contributed by atoms with Crippen molar-refractivity contribution in [2.45, 2.75) is 63.3 Å². The molecule has 3 fully saturated rings. The summed E-state index contributed by atoms with van der Waals surface area (Å²) >= 11 is 0. The Kier molecular flexibility index (Phi) is 1.31. The Morgan fingerprint density at radius 3 is 1.57 bits per heavy atom. The van der Waals surface area contributed by atoms with E-state index in [-0.39, 0.29) is 11.2 Å². The summed E-state index contributed by atoms with van der Waals surface area (Å²) < 4.78 is 11.6. The smallest absolute Gasteiger partial charge is 0.204 e. The zero-order valence-electron chi connectivity index (χ0n) is 9.05. The summed E-state index contributed by atoms with van der Waals surface area (Å²) in [5, 5.41) is 0. The number of hydrogen-bond donors (Lipinski definition) is 0. The van der Waals surface area contributed by atoms with Gasteiger partial charge in [-0.05, 0) is 27.7 Å². The maximum atomic E-state index is 5.80. The van der Waals surface area contributed by atoms with Crippen LogP contribution in [0.15, 0.2) is 0 Å². The summed E-state index contributed by atoms with van der Waals surface area (Å²) in [5.74, 6) is -1.31. The highest BCUT2D eigenvalue weighted by atomic mass is 17.3. The Morgan fingerprint density at radius 1 is 0.714 bits per heavy atom. The standard InChI is InChI=1S/C10H16O4/c1-7-5-9(3)12-10(4,14-13-9)6-8(7,2)11-7/h5-6H2,1-4H3. The third kappa shape index (κ3) is 0.972. The quantitative estimate of drug-likeness (QED) is 0.441. The molecule has 0 aliphatic carbocycles. The van der Waals surface area contributed by atoms with Gasteiger partial charge in [-0.2, -0.15) is 9.78 Å². The molecule has 0 saturated carbocycles. The topological polar surface area (TPSA) is 40.2 Å². The number of fused-ring (bicyclic) bond motifs is 3. The SMILES string of the molecule is CC12CC3(C)OC3(C)CC(C)(OO1)O2. The first-order chi connectivity index (χ1) is 6.29. The highest BCUT2D eigenvalue weighted by Crippen LogP contribution is 2.61. The fourth-order valence-corrected chi connectivity index (χ4v) is 2.94. The van der Waals surface area contributed by atoms with Crippen LogP contribution in [0, 0.1) is 0 Å². The van der Waals surface area contributed by atoms with E-state index < -0.39 is 11.6 Å². The van der Waals surface area contributed by atoms with Crippen LogP contribution in [-0.2, 0) is 19.2 Å². The lowest BCUT2D eigenvalue weighted by molar-refractivity contribution is -0.350. The lowest BCUT2D eigenvalue weighted by Gasteiger charge is -2.22. The van der Waals surface area contributed by atoms with Gasteiger partial charge in [-0.15, -0.1) is 0 Å². The van der Waals surface area contributed by atoms with Crippen molar-refractivity contribution in [3.8, 4) is 0 Å². The fourth-order valence-electron chi connectivity index (χ4n) is 2.94. The number of epoxide rings is 1. The van der Waals surface area contributed by atoms with Gasteiger partial charge in [-0.1, -0.05) is 0 Å². The first-order valence-electron chi connectivity index (χ1n) is 5.06. The molecule has 0 aromatic carbocycles. The van der Waals surface area contributed by atoms with E-state index in [4.69, 9.17) is 19.2 Å². The maximum absolute atomic E-state index is 5.80. The van der Waals surface area contributed by atoms with Crippen LogP contribution in [-0.4, -0.2) is 22.8 Å². The minimum atomic E-state index is -0.655. The minimum Gasteiger partial charge on any atom is -0.363 e. The Labute approximate surface area is 83.4 Å². The van der Waals surface area contributed by atoms with Gasteiger partial charge in [0.05, 0.1) is 0 Å². The molecule has 0 aromatic rings. The largest absolute Gasteiger partial charge is 0.363 e. The molecule has 14 heavy (non-hydrogen) atoms. The van der Waals surface area contributed by atoms with Crippen LogP contribution in [0.1, 0.15) is 40.5 Å². The first kappa shape index (κ1) is 9.09. The fraction of sp³-hybridized carbons (Fsp3) is 1.00. The van der Waals surface area contributed by atoms with Crippen molar-refractivity contribution < 1.29 is 19.2 Å². The summed E-state index contributed by atoms with van der Waals surface area (Å²) in [6, 6.07) is 0. The third-order valence-electron chi connectivity index (χ3n) is 3.67. The summed E-state index contributed by atoms with van der Waals surface area (Å²) in [4.78, 5) is 10.5. The van der Waals surface area contributed by atoms with Gasteiger partial charge in [0.15, 0.2) is 0 Å². The number of hydrogen-bond acceptors (Lipinski definition) is 4. The molecule has 3 rings (SSSR count). The van der Waals surface area contributed by atoms with Crippen molar-refractivity contribution in [3.63, 3.8) is 0 Å². The lowest BCUT2D eigenvalue weighted by Crippen LogP contribution is -2.33. The van der Waals surface area contributed by atoms with E-state index in [1.807, 2.05) is 13.8 Å². The molecule has 0 spiro atoms. The van der Waals surface area contributed by atoms with Gasteiger partial charge >= 0.3 is 0 Å². The Balaban J connectivity index is 1.99. The van der Waals surface area contributed by atoms with Crippen molar-refractivity contribution in [1.29, 1.82) is 0 Å². The molecular weight excluding hydrogens is 184 g/mol. The van der Waals surface area contributed by atoms with Crippen molar-refractivity contribution in [3.05, 3.63) is 0 Å². The molecule has 4 atom stereocenters. The zero-order valence-corrected chi connectivity index (χ0v) is 9.05. The van der Waals surface area contributed by atoms with E-state index in [0.717, 1.165) is 0 Å². The molecule has 3 aliphatic rings. The molecule has 4 nitrogen and oxygen atoms in total. The van der Waals surface area contributed by atoms with Gasteiger partial charge in [0, 0.05) is 12.8 Å². The van der Waals surface area contributed by atoms with Gasteiger partial charge in [0.2, 0.25) is 11.6 Å².